The number of nitrogens with one attached hydrogen (secondary N) is 1. The molecule has 0 unspecified atom stereocenters. The second kappa shape index (κ2) is 6.57. The molecule has 1 aromatic carbocycles. The van der Waals surface area contributed by atoms with Crippen LogP contribution in [-0.2, 0) is 4.79 Å². The van der Waals surface area contributed by atoms with Crippen molar-refractivity contribution in [2.75, 3.05) is 13.2 Å². The molecule has 0 saturated carbocycles. The van der Waals surface area contributed by atoms with Gasteiger partial charge in [0.25, 0.3) is 0 Å². The lowest BCUT2D eigenvalue weighted by molar-refractivity contribution is -0.116. The smallest absolute Gasteiger partial charge is 0.244 e. The van der Waals surface area contributed by atoms with Gasteiger partial charge in [-0.1, -0.05) is 37.6 Å². The van der Waals surface area contributed by atoms with Crippen LogP contribution in [0.4, 0.5) is 0 Å². The average Bonchev–Trinajstić information content (AvgIpc) is 2.34. The first-order valence-corrected chi connectivity index (χ1v) is 6.13. The van der Waals surface area contributed by atoms with Crippen molar-refractivity contribution in [1.82, 2.24) is 5.32 Å². The number of amides is 1. The molecule has 98 valence electrons. The van der Waals surface area contributed by atoms with Crippen LogP contribution in [0, 0.1) is 5.41 Å². The van der Waals surface area contributed by atoms with Gasteiger partial charge < -0.3 is 10.4 Å². The average molecular weight is 268 g/mol. The van der Waals surface area contributed by atoms with E-state index in [1.54, 1.807) is 18.2 Å². The van der Waals surface area contributed by atoms with E-state index in [9.17, 15) is 4.79 Å². The van der Waals surface area contributed by atoms with Crippen LogP contribution in [-0.4, -0.2) is 24.2 Å². The van der Waals surface area contributed by atoms with Crippen molar-refractivity contribution < 1.29 is 9.90 Å². The third-order valence-electron chi connectivity index (χ3n) is 2.45. The monoisotopic (exact) mass is 267 g/mol. The maximum absolute atomic E-state index is 11.6. The Labute approximate surface area is 112 Å². The molecular weight excluding hydrogens is 250 g/mol. The number of hydrogen-bond donors (Lipinski definition) is 2. The van der Waals surface area contributed by atoms with Gasteiger partial charge in [-0.15, -0.1) is 0 Å². The number of halogens is 1. The molecule has 0 atom stereocenters. The standard InChI is InChI=1S/C14H18ClNO2/c1-14(2,10-17)9-16-13(18)7-6-11-4-3-5-12(15)8-11/h3-8,17H,9-10H2,1-2H3,(H,16,18)/b7-6+. The molecule has 18 heavy (non-hydrogen) atoms. The largest absolute Gasteiger partial charge is 0.396 e. The predicted octanol–water partition coefficient (Wildman–Crippen LogP) is 2.49. The molecule has 0 radical (unpaired) electrons. The Morgan fingerprint density at radius 1 is 1.50 bits per heavy atom. The van der Waals surface area contributed by atoms with E-state index in [2.05, 4.69) is 5.32 Å². The zero-order valence-corrected chi connectivity index (χ0v) is 11.4. The van der Waals surface area contributed by atoms with Crippen LogP contribution in [0.2, 0.25) is 5.02 Å². The van der Waals surface area contributed by atoms with Crippen molar-refractivity contribution in [1.29, 1.82) is 0 Å². The molecule has 0 fully saturated rings. The van der Waals surface area contributed by atoms with E-state index in [-0.39, 0.29) is 17.9 Å². The van der Waals surface area contributed by atoms with E-state index >= 15 is 0 Å². The lowest BCUT2D eigenvalue weighted by Gasteiger charge is -2.21. The zero-order valence-electron chi connectivity index (χ0n) is 10.6. The molecule has 4 heteroatoms. The van der Waals surface area contributed by atoms with Gasteiger partial charge in [0.1, 0.15) is 0 Å². The van der Waals surface area contributed by atoms with Crippen LogP contribution in [0.25, 0.3) is 6.08 Å². The van der Waals surface area contributed by atoms with Gasteiger partial charge in [0.15, 0.2) is 0 Å². The highest BCUT2D eigenvalue weighted by Gasteiger charge is 2.16. The van der Waals surface area contributed by atoms with Crippen molar-refractivity contribution in [2.45, 2.75) is 13.8 Å². The molecule has 1 rings (SSSR count). The second-order valence-electron chi connectivity index (χ2n) is 4.93. The van der Waals surface area contributed by atoms with Crippen LogP contribution < -0.4 is 5.32 Å². The van der Waals surface area contributed by atoms with Crippen LogP contribution in [0.5, 0.6) is 0 Å². The normalized spacial score (nSPS) is 11.8. The van der Waals surface area contributed by atoms with E-state index in [1.165, 1.54) is 6.08 Å². The molecule has 0 bridgehead atoms. The molecular formula is C14H18ClNO2. The number of aliphatic hydroxyl groups is 1. The maximum Gasteiger partial charge on any atom is 0.244 e. The number of aliphatic hydroxyl groups excluding tert-OH is 1. The van der Waals surface area contributed by atoms with E-state index in [0.717, 1.165) is 5.56 Å². The van der Waals surface area contributed by atoms with E-state index in [0.29, 0.717) is 11.6 Å². The second-order valence-corrected chi connectivity index (χ2v) is 5.36. The summed E-state index contributed by atoms with van der Waals surface area (Å²) >= 11 is 5.84. The lowest BCUT2D eigenvalue weighted by Crippen LogP contribution is -2.35. The van der Waals surface area contributed by atoms with Gasteiger partial charge in [-0.2, -0.15) is 0 Å². The zero-order chi connectivity index (χ0) is 13.6. The number of benzene rings is 1. The summed E-state index contributed by atoms with van der Waals surface area (Å²) in [6.45, 7) is 4.23. The Kier molecular flexibility index (Phi) is 5.38. The summed E-state index contributed by atoms with van der Waals surface area (Å²) in [4.78, 5) is 11.6. The van der Waals surface area contributed by atoms with Gasteiger partial charge in [0, 0.05) is 29.7 Å². The fraction of sp³-hybridized carbons (Fsp3) is 0.357. The Morgan fingerprint density at radius 2 is 2.22 bits per heavy atom. The third-order valence-corrected chi connectivity index (χ3v) is 2.68. The van der Waals surface area contributed by atoms with Gasteiger partial charge in [0.05, 0.1) is 0 Å². The fourth-order valence-electron chi connectivity index (χ4n) is 1.22. The minimum atomic E-state index is -0.306. The fourth-order valence-corrected chi connectivity index (χ4v) is 1.42. The molecule has 0 aliphatic rings. The molecule has 2 N–H and O–H groups in total. The highest BCUT2D eigenvalue weighted by molar-refractivity contribution is 6.30. The number of rotatable bonds is 5. The number of carbonyl (C=O) groups is 1. The van der Waals surface area contributed by atoms with Crippen molar-refractivity contribution >= 4 is 23.6 Å². The molecule has 1 amide bonds. The summed E-state index contributed by atoms with van der Waals surface area (Å²) in [6, 6.07) is 7.26. The van der Waals surface area contributed by atoms with Crippen molar-refractivity contribution in [3.63, 3.8) is 0 Å². The lowest BCUT2D eigenvalue weighted by atomic mass is 9.95. The molecule has 0 spiro atoms. The van der Waals surface area contributed by atoms with E-state index in [4.69, 9.17) is 16.7 Å². The SMILES string of the molecule is CC(C)(CO)CNC(=O)/C=C/c1cccc(Cl)c1. The molecule has 3 nitrogen and oxygen atoms in total. The molecule has 0 aromatic heterocycles. The number of carbonyl (C=O) groups excluding carboxylic acids is 1. The Morgan fingerprint density at radius 3 is 2.83 bits per heavy atom. The number of hydrogen-bond acceptors (Lipinski definition) is 2. The summed E-state index contributed by atoms with van der Waals surface area (Å²) in [5, 5.41) is 12.4. The first kappa shape index (κ1) is 14.7. The predicted molar refractivity (Wildman–Crippen MR) is 74.4 cm³/mol. The van der Waals surface area contributed by atoms with E-state index in [1.807, 2.05) is 26.0 Å². The van der Waals surface area contributed by atoms with Crippen LogP contribution in [0.1, 0.15) is 19.4 Å². The first-order chi connectivity index (χ1) is 8.43. The van der Waals surface area contributed by atoms with Crippen molar-refractivity contribution in [3.8, 4) is 0 Å². The molecule has 0 aliphatic carbocycles. The summed E-state index contributed by atoms with van der Waals surface area (Å²) in [5.41, 5.74) is 0.568. The minimum Gasteiger partial charge on any atom is -0.396 e. The minimum absolute atomic E-state index is 0.0330. The van der Waals surface area contributed by atoms with Crippen LogP contribution in [0.3, 0.4) is 0 Å². The van der Waals surface area contributed by atoms with Crippen molar-refractivity contribution in [2.24, 2.45) is 5.41 Å². The Hall–Kier alpha value is -1.32. The van der Waals surface area contributed by atoms with Gasteiger partial charge in [-0.25, -0.2) is 0 Å². The Balaban J connectivity index is 2.50. The molecule has 1 aromatic rings. The summed E-state index contributed by atoms with van der Waals surface area (Å²) < 4.78 is 0. The topological polar surface area (TPSA) is 49.3 Å². The van der Waals surface area contributed by atoms with Crippen LogP contribution >= 0.6 is 11.6 Å². The van der Waals surface area contributed by atoms with Crippen molar-refractivity contribution in [3.05, 3.63) is 40.9 Å². The van der Waals surface area contributed by atoms with Gasteiger partial charge in [0.2, 0.25) is 5.91 Å². The van der Waals surface area contributed by atoms with E-state index < -0.39 is 0 Å². The molecule has 0 saturated heterocycles. The van der Waals surface area contributed by atoms with Crippen LogP contribution in [0.15, 0.2) is 30.3 Å². The van der Waals surface area contributed by atoms with Gasteiger partial charge in [-0.05, 0) is 23.8 Å². The Bertz CT molecular complexity index is 441. The van der Waals surface area contributed by atoms with Gasteiger partial charge in [-0.3, -0.25) is 4.79 Å². The molecule has 0 aliphatic heterocycles. The summed E-state index contributed by atoms with van der Waals surface area (Å²) in [5.74, 6) is -0.184. The highest BCUT2D eigenvalue weighted by Crippen LogP contribution is 2.12. The molecule has 0 heterocycles. The summed E-state index contributed by atoms with van der Waals surface area (Å²) in [7, 11) is 0. The maximum atomic E-state index is 11.6. The third kappa shape index (κ3) is 5.34. The van der Waals surface area contributed by atoms with Gasteiger partial charge >= 0.3 is 0 Å². The highest BCUT2D eigenvalue weighted by atomic mass is 35.5. The first-order valence-electron chi connectivity index (χ1n) is 5.75. The summed E-state index contributed by atoms with van der Waals surface area (Å²) in [6.07, 6.45) is 3.16. The quantitative estimate of drug-likeness (QED) is 0.806.